The van der Waals surface area contributed by atoms with Gasteiger partial charge in [0.2, 0.25) is 5.91 Å². The number of amides is 2. The number of nitrogens with one attached hydrogen (secondary N) is 2. The van der Waals surface area contributed by atoms with Gasteiger partial charge in [-0.15, -0.1) is 11.8 Å². The molecule has 0 saturated heterocycles. The first-order valence-electron chi connectivity index (χ1n) is 10.1. The number of hydrogen-bond acceptors (Lipinski definition) is 5. The van der Waals surface area contributed by atoms with Crippen molar-refractivity contribution >= 4 is 41.4 Å². The van der Waals surface area contributed by atoms with Crippen molar-refractivity contribution in [3.05, 3.63) is 89.7 Å². The summed E-state index contributed by atoms with van der Waals surface area (Å²) in [6.45, 7) is 0.925. The predicted octanol–water partition coefficient (Wildman–Crippen LogP) is 4.36. The Bertz CT molecular complexity index is 1070. The topological polar surface area (TPSA) is 80.3 Å². The highest BCUT2D eigenvalue weighted by Crippen LogP contribution is 2.24. The minimum absolute atomic E-state index is 0.102. The van der Waals surface area contributed by atoms with Gasteiger partial charge in [0.15, 0.2) is 0 Å². The Labute approximate surface area is 192 Å². The summed E-state index contributed by atoms with van der Waals surface area (Å²) < 4.78 is 4.93. The van der Waals surface area contributed by atoms with E-state index in [0.29, 0.717) is 24.4 Å². The molecule has 6 nitrogen and oxygen atoms in total. The van der Waals surface area contributed by atoms with Crippen LogP contribution >= 0.6 is 11.8 Å². The molecule has 0 unspecified atom stereocenters. The van der Waals surface area contributed by atoms with Crippen molar-refractivity contribution in [2.75, 3.05) is 31.3 Å². The number of ether oxygens (including phenoxy) is 1. The van der Waals surface area contributed by atoms with Crippen molar-refractivity contribution in [2.24, 2.45) is 0 Å². The number of nitrogens with zero attached hydrogens (tertiary/aromatic N) is 1. The molecule has 7 heteroatoms. The molecular weight excluding hydrogens is 422 g/mol. The van der Waals surface area contributed by atoms with E-state index in [1.807, 2.05) is 72.8 Å². The molecule has 3 aromatic rings. The lowest BCUT2D eigenvalue weighted by atomic mass is 10.1. The van der Waals surface area contributed by atoms with Gasteiger partial charge in [0.05, 0.1) is 23.6 Å². The van der Waals surface area contributed by atoms with Gasteiger partial charge in [0.1, 0.15) is 0 Å². The number of anilines is 1. The summed E-state index contributed by atoms with van der Waals surface area (Å²) in [4.78, 5) is 29.9. The molecule has 2 aromatic carbocycles. The molecule has 0 bridgehead atoms. The normalized spacial score (nSPS) is 10.8. The van der Waals surface area contributed by atoms with E-state index in [9.17, 15) is 9.59 Å². The summed E-state index contributed by atoms with van der Waals surface area (Å²) >= 11 is 1.33. The second kappa shape index (κ2) is 12.4. The van der Waals surface area contributed by atoms with Gasteiger partial charge in [-0.25, -0.2) is 0 Å². The Kier molecular flexibility index (Phi) is 9.04. The van der Waals surface area contributed by atoms with Gasteiger partial charge in [0, 0.05) is 30.4 Å². The van der Waals surface area contributed by atoms with E-state index in [1.165, 1.54) is 11.8 Å². The summed E-state index contributed by atoms with van der Waals surface area (Å²) in [7, 11) is 1.59. The second-order valence-electron chi connectivity index (χ2n) is 6.80. The molecule has 0 saturated carbocycles. The molecule has 0 atom stereocenters. The molecule has 0 spiro atoms. The van der Waals surface area contributed by atoms with Crippen LogP contribution in [0.15, 0.2) is 77.8 Å². The molecule has 1 heterocycles. The maximum atomic E-state index is 12.9. The first-order valence-corrected chi connectivity index (χ1v) is 11.1. The van der Waals surface area contributed by atoms with Crippen LogP contribution in [0.4, 0.5) is 5.69 Å². The molecule has 1 aromatic heterocycles. The molecule has 3 rings (SSSR count). The average Bonchev–Trinajstić information content (AvgIpc) is 2.83. The third kappa shape index (κ3) is 7.37. The summed E-state index contributed by atoms with van der Waals surface area (Å²) in [5.74, 6) is -0.102. The zero-order valence-electron chi connectivity index (χ0n) is 17.8. The maximum Gasteiger partial charge on any atom is 0.256 e. The van der Waals surface area contributed by atoms with E-state index in [0.717, 1.165) is 16.2 Å². The van der Waals surface area contributed by atoms with Crippen molar-refractivity contribution < 1.29 is 14.3 Å². The number of carbonyl (C=O) groups excluding carboxylic acids is 2. The van der Waals surface area contributed by atoms with Gasteiger partial charge < -0.3 is 15.4 Å². The Morgan fingerprint density at radius 2 is 1.88 bits per heavy atom. The molecule has 0 aliphatic rings. The van der Waals surface area contributed by atoms with Crippen molar-refractivity contribution in [2.45, 2.75) is 4.90 Å². The minimum atomic E-state index is -0.223. The number of hydrogen-bond donors (Lipinski definition) is 2. The van der Waals surface area contributed by atoms with Crippen LogP contribution < -0.4 is 10.6 Å². The third-order valence-electron chi connectivity index (χ3n) is 4.40. The predicted molar refractivity (Wildman–Crippen MR) is 130 cm³/mol. The highest BCUT2D eigenvalue weighted by Gasteiger charge is 2.13. The Balaban J connectivity index is 1.63. The monoisotopic (exact) mass is 447 g/mol. The average molecular weight is 448 g/mol. The van der Waals surface area contributed by atoms with E-state index < -0.39 is 0 Å². The Morgan fingerprint density at radius 3 is 2.69 bits per heavy atom. The van der Waals surface area contributed by atoms with E-state index in [4.69, 9.17) is 4.74 Å². The lowest BCUT2D eigenvalue weighted by Gasteiger charge is -2.11. The lowest BCUT2D eigenvalue weighted by Crippen LogP contribution is -2.28. The molecule has 2 N–H and O–H groups in total. The van der Waals surface area contributed by atoms with Gasteiger partial charge in [-0.3, -0.25) is 14.6 Å². The highest BCUT2D eigenvalue weighted by molar-refractivity contribution is 8.00. The molecule has 2 amide bonds. The Morgan fingerprint density at radius 1 is 1.03 bits per heavy atom. The van der Waals surface area contributed by atoms with Crippen molar-refractivity contribution in [1.29, 1.82) is 0 Å². The minimum Gasteiger partial charge on any atom is -0.383 e. The van der Waals surface area contributed by atoms with Gasteiger partial charge in [-0.05, 0) is 48.0 Å². The van der Waals surface area contributed by atoms with E-state index in [1.54, 1.807) is 19.4 Å². The number of thioether (sulfide) groups is 1. The SMILES string of the molecule is COCCNC(=O)CSc1ccccc1C(=O)Nc1cccc(/C=C/c2ccccn2)c1. The van der Waals surface area contributed by atoms with Crippen molar-refractivity contribution in [3.8, 4) is 0 Å². The second-order valence-corrected chi connectivity index (χ2v) is 7.81. The number of rotatable bonds is 10. The largest absolute Gasteiger partial charge is 0.383 e. The standard InChI is InChI=1S/C25H25N3O3S/c1-31-16-15-27-24(29)18-32-23-11-3-2-10-22(23)25(30)28-21-9-6-7-19(17-21)12-13-20-8-4-5-14-26-20/h2-14,17H,15-16,18H2,1H3,(H,27,29)(H,28,30)/b13-12+. The number of aromatic nitrogens is 1. The highest BCUT2D eigenvalue weighted by atomic mass is 32.2. The quantitative estimate of drug-likeness (QED) is 0.357. The first-order chi connectivity index (χ1) is 15.7. The van der Waals surface area contributed by atoms with Gasteiger partial charge in [-0.1, -0.05) is 36.4 Å². The van der Waals surface area contributed by atoms with Crippen LogP contribution in [0.2, 0.25) is 0 Å². The maximum absolute atomic E-state index is 12.9. The fraction of sp³-hybridized carbons (Fsp3) is 0.160. The third-order valence-corrected chi connectivity index (χ3v) is 5.47. The molecular formula is C25H25N3O3S. The Hall–Kier alpha value is -3.42. The van der Waals surface area contributed by atoms with Crippen LogP contribution in [-0.2, 0) is 9.53 Å². The van der Waals surface area contributed by atoms with Gasteiger partial charge in [-0.2, -0.15) is 0 Å². The fourth-order valence-electron chi connectivity index (χ4n) is 2.84. The zero-order chi connectivity index (χ0) is 22.6. The van der Waals surface area contributed by atoms with E-state index in [2.05, 4.69) is 15.6 Å². The number of benzene rings is 2. The van der Waals surface area contributed by atoms with Crippen LogP contribution in [0.5, 0.6) is 0 Å². The van der Waals surface area contributed by atoms with Crippen LogP contribution in [0.1, 0.15) is 21.6 Å². The van der Waals surface area contributed by atoms with Crippen LogP contribution in [0.25, 0.3) is 12.2 Å². The molecule has 164 valence electrons. The molecule has 0 radical (unpaired) electrons. The summed E-state index contributed by atoms with van der Waals surface area (Å²) in [5, 5.41) is 5.72. The summed E-state index contributed by atoms with van der Waals surface area (Å²) in [6.07, 6.45) is 5.61. The van der Waals surface area contributed by atoms with Crippen LogP contribution in [-0.4, -0.2) is 42.8 Å². The van der Waals surface area contributed by atoms with Crippen molar-refractivity contribution in [3.63, 3.8) is 0 Å². The number of carbonyl (C=O) groups is 2. The van der Waals surface area contributed by atoms with E-state index >= 15 is 0 Å². The van der Waals surface area contributed by atoms with E-state index in [-0.39, 0.29) is 17.6 Å². The fourth-order valence-corrected chi connectivity index (χ4v) is 3.72. The van der Waals surface area contributed by atoms with Crippen LogP contribution in [0.3, 0.4) is 0 Å². The molecule has 0 aliphatic carbocycles. The number of pyridine rings is 1. The van der Waals surface area contributed by atoms with Gasteiger partial charge in [0.25, 0.3) is 5.91 Å². The smallest absolute Gasteiger partial charge is 0.256 e. The lowest BCUT2D eigenvalue weighted by molar-refractivity contribution is -0.118. The van der Waals surface area contributed by atoms with Gasteiger partial charge >= 0.3 is 0 Å². The zero-order valence-corrected chi connectivity index (χ0v) is 18.6. The summed E-state index contributed by atoms with van der Waals surface area (Å²) in [6, 6.07) is 20.6. The van der Waals surface area contributed by atoms with Crippen LogP contribution in [0, 0.1) is 0 Å². The molecule has 0 aliphatic heterocycles. The molecule has 32 heavy (non-hydrogen) atoms. The first kappa shape index (κ1) is 23.2. The summed E-state index contributed by atoms with van der Waals surface area (Å²) in [5.41, 5.74) is 3.02. The van der Waals surface area contributed by atoms with Crippen molar-refractivity contribution in [1.82, 2.24) is 10.3 Å². The number of methoxy groups -OCH3 is 1. The molecule has 0 fully saturated rings.